The van der Waals surface area contributed by atoms with Gasteiger partial charge in [0.25, 0.3) is 0 Å². The van der Waals surface area contributed by atoms with Crippen molar-refractivity contribution < 1.29 is 9.59 Å². The zero-order valence-corrected chi connectivity index (χ0v) is 18.0. The van der Waals surface area contributed by atoms with Gasteiger partial charge in [-0.1, -0.05) is 22.0 Å². The van der Waals surface area contributed by atoms with E-state index in [2.05, 4.69) is 36.1 Å². The Balaban J connectivity index is 1.38. The van der Waals surface area contributed by atoms with Crippen LogP contribution < -0.4 is 15.1 Å². The SMILES string of the molecule is Cc1cc(CNC(=O)C2CC(=O)N(c3cccc(Br)c3)C2)nc(N2CCCC2)n1. The molecule has 0 spiro atoms. The molecule has 2 aromatic rings. The van der Waals surface area contributed by atoms with Crippen molar-refractivity contribution in [2.45, 2.75) is 32.7 Å². The highest BCUT2D eigenvalue weighted by Gasteiger charge is 2.35. The monoisotopic (exact) mass is 457 g/mol. The molecule has 0 bridgehead atoms. The minimum atomic E-state index is -0.359. The Hall–Kier alpha value is -2.48. The third-order valence-corrected chi connectivity index (χ3v) is 5.84. The van der Waals surface area contributed by atoms with Crippen molar-refractivity contribution in [1.82, 2.24) is 15.3 Å². The molecule has 1 atom stereocenters. The van der Waals surface area contributed by atoms with Crippen LogP contribution in [-0.2, 0) is 16.1 Å². The van der Waals surface area contributed by atoms with E-state index in [1.807, 2.05) is 37.3 Å². The third-order valence-electron chi connectivity index (χ3n) is 5.34. The fraction of sp³-hybridized carbons (Fsp3) is 0.429. The van der Waals surface area contributed by atoms with Crippen molar-refractivity contribution in [3.63, 3.8) is 0 Å². The number of carbonyl (C=O) groups excluding carboxylic acids is 2. The molecule has 0 saturated carbocycles. The summed E-state index contributed by atoms with van der Waals surface area (Å²) in [6, 6.07) is 9.46. The van der Waals surface area contributed by atoms with E-state index in [0.29, 0.717) is 13.1 Å². The molecule has 152 valence electrons. The molecule has 2 aliphatic rings. The van der Waals surface area contributed by atoms with Crippen molar-refractivity contribution in [1.29, 1.82) is 0 Å². The number of rotatable bonds is 5. The summed E-state index contributed by atoms with van der Waals surface area (Å²) in [5.74, 6) is 0.235. The number of carbonyl (C=O) groups is 2. The first kappa shape index (κ1) is 19.8. The van der Waals surface area contributed by atoms with Gasteiger partial charge < -0.3 is 15.1 Å². The highest BCUT2D eigenvalue weighted by molar-refractivity contribution is 9.10. The van der Waals surface area contributed by atoms with E-state index < -0.39 is 0 Å². The zero-order valence-electron chi connectivity index (χ0n) is 16.4. The Morgan fingerprint density at radius 1 is 1.24 bits per heavy atom. The molecule has 1 unspecified atom stereocenters. The first-order chi connectivity index (χ1) is 14.0. The highest BCUT2D eigenvalue weighted by atomic mass is 79.9. The summed E-state index contributed by atoms with van der Waals surface area (Å²) in [7, 11) is 0. The van der Waals surface area contributed by atoms with Gasteiger partial charge in [-0.3, -0.25) is 9.59 Å². The molecule has 3 heterocycles. The second kappa shape index (κ2) is 8.49. The van der Waals surface area contributed by atoms with Gasteiger partial charge in [-0.05, 0) is 44.0 Å². The summed E-state index contributed by atoms with van der Waals surface area (Å²) in [6.45, 7) is 4.63. The van der Waals surface area contributed by atoms with Gasteiger partial charge in [-0.25, -0.2) is 9.97 Å². The summed E-state index contributed by atoms with van der Waals surface area (Å²) >= 11 is 3.43. The topological polar surface area (TPSA) is 78.4 Å². The van der Waals surface area contributed by atoms with Crippen molar-refractivity contribution in [2.75, 3.05) is 29.4 Å². The van der Waals surface area contributed by atoms with Crippen LogP contribution in [-0.4, -0.2) is 41.4 Å². The number of benzene rings is 1. The van der Waals surface area contributed by atoms with E-state index in [4.69, 9.17) is 0 Å². The molecule has 1 aromatic heterocycles. The van der Waals surface area contributed by atoms with E-state index in [1.54, 1.807) is 4.90 Å². The zero-order chi connectivity index (χ0) is 20.4. The normalized spacial score (nSPS) is 19.1. The minimum absolute atomic E-state index is 0.0301. The van der Waals surface area contributed by atoms with Crippen LogP contribution >= 0.6 is 15.9 Å². The van der Waals surface area contributed by atoms with Crippen LogP contribution in [0.15, 0.2) is 34.8 Å². The Bertz CT molecular complexity index is 929. The van der Waals surface area contributed by atoms with Gasteiger partial charge in [0.2, 0.25) is 17.8 Å². The van der Waals surface area contributed by atoms with Gasteiger partial charge in [-0.15, -0.1) is 0 Å². The van der Waals surface area contributed by atoms with Crippen molar-refractivity contribution >= 4 is 39.4 Å². The molecule has 2 fully saturated rings. The number of amides is 2. The number of halogens is 1. The molecule has 1 aromatic carbocycles. The molecule has 2 amide bonds. The van der Waals surface area contributed by atoms with Crippen molar-refractivity contribution in [2.24, 2.45) is 5.92 Å². The maximum absolute atomic E-state index is 12.7. The number of aromatic nitrogens is 2. The number of anilines is 2. The molecule has 2 aliphatic heterocycles. The molecule has 4 rings (SSSR count). The van der Waals surface area contributed by atoms with E-state index >= 15 is 0 Å². The van der Waals surface area contributed by atoms with Crippen LogP contribution in [0.25, 0.3) is 0 Å². The average Bonchev–Trinajstić information content (AvgIpc) is 3.36. The quantitative estimate of drug-likeness (QED) is 0.746. The molecule has 2 saturated heterocycles. The van der Waals surface area contributed by atoms with Gasteiger partial charge in [0.1, 0.15) is 0 Å². The maximum Gasteiger partial charge on any atom is 0.227 e. The molecule has 8 heteroatoms. The molecule has 1 N–H and O–H groups in total. The summed E-state index contributed by atoms with van der Waals surface area (Å²) in [5.41, 5.74) is 2.49. The Kier molecular flexibility index (Phi) is 5.80. The Labute approximate surface area is 178 Å². The number of nitrogens with one attached hydrogen (secondary N) is 1. The smallest absolute Gasteiger partial charge is 0.227 e. The predicted molar refractivity (Wildman–Crippen MR) is 115 cm³/mol. The number of hydrogen-bond acceptors (Lipinski definition) is 5. The van der Waals surface area contributed by atoms with Gasteiger partial charge in [0, 0.05) is 41.9 Å². The van der Waals surface area contributed by atoms with Crippen LogP contribution in [0.2, 0.25) is 0 Å². The predicted octanol–water partition coefficient (Wildman–Crippen LogP) is 2.82. The van der Waals surface area contributed by atoms with Gasteiger partial charge in [0.15, 0.2) is 0 Å². The van der Waals surface area contributed by atoms with Gasteiger partial charge in [0.05, 0.1) is 18.2 Å². The van der Waals surface area contributed by atoms with Crippen LogP contribution in [0.1, 0.15) is 30.7 Å². The molecular formula is C21H24BrN5O2. The van der Waals surface area contributed by atoms with Gasteiger partial charge in [-0.2, -0.15) is 0 Å². The highest BCUT2D eigenvalue weighted by Crippen LogP contribution is 2.27. The first-order valence-electron chi connectivity index (χ1n) is 9.93. The fourth-order valence-corrected chi connectivity index (χ4v) is 4.25. The molecule has 0 radical (unpaired) electrons. The number of nitrogens with zero attached hydrogens (tertiary/aromatic N) is 4. The van der Waals surface area contributed by atoms with Crippen LogP contribution in [0.3, 0.4) is 0 Å². The number of hydrogen-bond donors (Lipinski definition) is 1. The van der Waals surface area contributed by atoms with Crippen LogP contribution in [0.4, 0.5) is 11.6 Å². The largest absolute Gasteiger partial charge is 0.350 e. The van der Waals surface area contributed by atoms with Crippen LogP contribution in [0.5, 0.6) is 0 Å². The maximum atomic E-state index is 12.7. The van der Waals surface area contributed by atoms with E-state index in [9.17, 15) is 9.59 Å². The second-order valence-electron chi connectivity index (χ2n) is 7.60. The summed E-state index contributed by atoms with van der Waals surface area (Å²) in [6.07, 6.45) is 2.54. The van der Waals surface area contributed by atoms with Crippen molar-refractivity contribution in [3.05, 3.63) is 46.2 Å². The summed E-state index contributed by atoms with van der Waals surface area (Å²) in [4.78, 5) is 38.1. The first-order valence-corrected chi connectivity index (χ1v) is 10.7. The summed E-state index contributed by atoms with van der Waals surface area (Å²) < 4.78 is 0.906. The molecule has 0 aliphatic carbocycles. The lowest BCUT2D eigenvalue weighted by molar-refractivity contribution is -0.126. The lowest BCUT2D eigenvalue weighted by atomic mass is 10.1. The lowest BCUT2D eigenvalue weighted by Crippen LogP contribution is -2.33. The van der Waals surface area contributed by atoms with E-state index in [0.717, 1.165) is 53.4 Å². The minimum Gasteiger partial charge on any atom is -0.350 e. The standard InChI is InChI=1S/C21H24BrN5O2/c1-14-9-17(25-21(24-14)26-7-2-3-8-26)12-23-20(29)15-10-19(28)27(13-15)18-6-4-5-16(22)11-18/h4-6,9,11,15H,2-3,7-8,10,12-13H2,1H3,(H,23,29). The van der Waals surface area contributed by atoms with Gasteiger partial charge >= 0.3 is 0 Å². The Morgan fingerprint density at radius 2 is 2.03 bits per heavy atom. The molecule has 7 nitrogen and oxygen atoms in total. The van der Waals surface area contributed by atoms with E-state index in [-0.39, 0.29) is 24.2 Å². The van der Waals surface area contributed by atoms with Crippen LogP contribution in [0, 0.1) is 12.8 Å². The Morgan fingerprint density at radius 3 is 2.79 bits per heavy atom. The van der Waals surface area contributed by atoms with Crippen molar-refractivity contribution in [3.8, 4) is 0 Å². The second-order valence-corrected chi connectivity index (χ2v) is 8.51. The fourth-order valence-electron chi connectivity index (χ4n) is 3.86. The number of aryl methyl sites for hydroxylation is 1. The average molecular weight is 458 g/mol. The third kappa shape index (κ3) is 4.58. The molecular weight excluding hydrogens is 434 g/mol. The lowest BCUT2D eigenvalue weighted by Gasteiger charge is -2.18. The summed E-state index contributed by atoms with van der Waals surface area (Å²) in [5, 5.41) is 2.95. The molecule has 29 heavy (non-hydrogen) atoms. The van der Waals surface area contributed by atoms with E-state index in [1.165, 1.54) is 0 Å².